The van der Waals surface area contributed by atoms with Crippen molar-refractivity contribution in [3.05, 3.63) is 29.8 Å². The van der Waals surface area contributed by atoms with E-state index in [9.17, 15) is 0 Å². The summed E-state index contributed by atoms with van der Waals surface area (Å²) in [7, 11) is 4.07. The lowest BCUT2D eigenvalue weighted by Crippen LogP contribution is -2.43. The highest BCUT2D eigenvalue weighted by Crippen LogP contribution is 2.23. The molecule has 2 saturated heterocycles. The van der Waals surface area contributed by atoms with E-state index >= 15 is 0 Å². The molecule has 1 atom stereocenters. The van der Waals surface area contributed by atoms with E-state index in [2.05, 4.69) is 68.6 Å². The van der Waals surface area contributed by atoms with Gasteiger partial charge in [-0.2, -0.15) is 0 Å². The molecule has 2 N–H and O–H groups in total. The Morgan fingerprint density at radius 2 is 1.89 bits per heavy atom. The van der Waals surface area contributed by atoms with Gasteiger partial charge in [0.15, 0.2) is 5.96 Å². The fraction of sp³-hybridized carbons (Fsp3) is 0.682. The molecule has 0 spiro atoms. The van der Waals surface area contributed by atoms with Crippen molar-refractivity contribution in [2.75, 3.05) is 71.4 Å². The normalized spacial score (nSPS) is 20.8. The van der Waals surface area contributed by atoms with Crippen molar-refractivity contribution in [3.8, 4) is 0 Å². The van der Waals surface area contributed by atoms with E-state index in [0.29, 0.717) is 0 Å². The second kappa shape index (κ2) is 10.7. The van der Waals surface area contributed by atoms with Crippen LogP contribution >= 0.6 is 0 Å². The maximum Gasteiger partial charge on any atom is 0.191 e. The van der Waals surface area contributed by atoms with Crippen LogP contribution in [0.1, 0.15) is 37.8 Å². The van der Waals surface area contributed by atoms with Gasteiger partial charge in [0.1, 0.15) is 0 Å². The quantitative estimate of drug-likeness (QED) is 0.579. The molecule has 2 heterocycles. The molecule has 6 heteroatoms. The molecule has 1 unspecified atom stereocenters. The molecule has 2 fully saturated rings. The van der Waals surface area contributed by atoms with Gasteiger partial charge in [-0.3, -0.25) is 4.99 Å². The molecule has 2 aliphatic heterocycles. The van der Waals surface area contributed by atoms with E-state index in [1.54, 1.807) is 0 Å². The predicted octanol–water partition coefficient (Wildman–Crippen LogP) is 2.15. The van der Waals surface area contributed by atoms with Gasteiger partial charge in [-0.15, -0.1) is 0 Å². The van der Waals surface area contributed by atoms with Gasteiger partial charge in [0.25, 0.3) is 0 Å². The zero-order valence-electron chi connectivity index (χ0n) is 18.0. The third kappa shape index (κ3) is 6.11. The lowest BCUT2D eigenvalue weighted by molar-refractivity contribution is 0.280. The number of guanidine groups is 1. The Bertz CT molecular complexity index is 625. The first-order valence-electron chi connectivity index (χ1n) is 10.9. The van der Waals surface area contributed by atoms with Crippen LogP contribution in [0.2, 0.25) is 0 Å². The second-order valence-corrected chi connectivity index (χ2v) is 8.15. The number of nitrogens with one attached hydrogen (secondary N) is 2. The van der Waals surface area contributed by atoms with Crippen LogP contribution in [-0.2, 0) is 0 Å². The van der Waals surface area contributed by atoms with Crippen LogP contribution in [0.3, 0.4) is 0 Å². The van der Waals surface area contributed by atoms with E-state index in [1.807, 2.05) is 7.05 Å². The van der Waals surface area contributed by atoms with Crippen LogP contribution < -0.4 is 15.5 Å². The molecule has 156 valence electrons. The van der Waals surface area contributed by atoms with Crippen molar-refractivity contribution in [2.45, 2.75) is 32.2 Å². The number of aliphatic imine (C=N–C) groups is 1. The first kappa shape index (κ1) is 20.9. The predicted molar refractivity (Wildman–Crippen MR) is 119 cm³/mol. The lowest BCUT2D eigenvalue weighted by Gasteiger charge is -2.23. The van der Waals surface area contributed by atoms with E-state index in [0.717, 1.165) is 32.1 Å². The van der Waals surface area contributed by atoms with Crippen LogP contribution in [0.25, 0.3) is 0 Å². The maximum absolute atomic E-state index is 4.42. The molecule has 0 amide bonds. The molecule has 28 heavy (non-hydrogen) atoms. The monoisotopic (exact) mass is 386 g/mol. The molecule has 1 aromatic rings. The van der Waals surface area contributed by atoms with Crippen LogP contribution in [0, 0.1) is 0 Å². The highest BCUT2D eigenvalue weighted by molar-refractivity contribution is 5.80. The average Bonchev–Trinajstić information content (AvgIpc) is 3.18. The number of nitrogens with zero attached hydrogens (tertiary/aromatic N) is 4. The molecule has 0 aromatic heterocycles. The summed E-state index contributed by atoms with van der Waals surface area (Å²) in [6.07, 6.45) is 3.87. The Hall–Kier alpha value is -1.79. The van der Waals surface area contributed by atoms with Gasteiger partial charge in [-0.25, -0.2) is 0 Å². The summed E-state index contributed by atoms with van der Waals surface area (Å²) in [5.41, 5.74) is 2.65. The van der Waals surface area contributed by atoms with Gasteiger partial charge in [0.05, 0.1) is 6.04 Å². The Morgan fingerprint density at radius 3 is 2.68 bits per heavy atom. The Kier molecular flexibility index (Phi) is 7.98. The van der Waals surface area contributed by atoms with Crippen molar-refractivity contribution in [1.82, 2.24) is 20.4 Å². The summed E-state index contributed by atoms with van der Waals surface area (Å²) in [6.45, 7) is 11.3. The fourth-order valence-electron chi connectivity index (χ4n) is 4.11. The van der Waals surface area contributed by atoms with Gasteiger partial charge in [-0.05, 0) is 64.0 Å². The third-order valence-corrected chi connectivity index (χ3v) is 5.95. The van der Waals surface area contributed by atoms with E-state index in [4.69, 9.17) is 0 Å². The minimum atomic E-state index is 0.223. The number of anilines is 1. The molecule has 0 aliphatic carbocycles. The van der Waals surface area contributed by atoms with Gasteiger partial charge in [0, 0.05) is 52.0 Å². The van der Waals surface area contributed by atoms with Crippen LogP contribution in [0.5, 0.6) is 0 Å². The highest BCUT2D eigenvalue weighted by atomic mass is 15.2. The Labute approximate surface area is 171 Å². The zero-order valence-corrected chi connectivity index (χ0v) is 18.0. The molecule has 2 aliphatic rings. The molecule has 6 nitrogen and oxygen atoms in total. The van der Waals surface area contributed by atoms with Crippen molar-refractivity contribution in [2.24, 2.45) is 4.99 Å². The summed E-state index contributed by atoms with van der Waals surface area (Å²) in [4.78, 5) is 11.9. The first-order valence-corrected chi connectivity index (χ1v) is 10.9. The topological polar surface area (TPSA) is 46.1 Å². The summed E-state index contributed by atoms with van der Waals surface area (Å²) in [5, 5.41) is 7.04. The Balaban J connectivity index is 1.46. The molecule has 0 radical (unpaired) electrons. The SMILES string of the molecule is CN=C(NCCN1CCCN(C)CC1)NC(C)c1cccc(N2CCCC2)c1. The second-order valence-electron chi connectivity index (χ2n) is 8.15. The molecular formula is C22H38N6. The van der Waals surface area contributed by atoms with Gasteiger partial charge in [0.2, 0.25) is 0 Å². The molecule has 0 bridgehead atoms. The molecule has 1 aromatic carbocycles. The third-order valence-electron chi connectivity index (χ3n) is 5.95. The summed E-state index contributed by atoms with van der Waals surface area (Å²) < 4.78 is 0. The smallest absolute Gasteiger partial charge is 0.191 e. The highest BCUT2D eigenvalue weighted by Gasteiger charge is 2.15. The van der Waals surface area contributed by atoms with E-state index in [-0.39, 0.29) is 6.04 Å². The van der Waals surface area contributed by atoms with Crippen molar-refractivity contribution in [1.29, 1.82) is 0 Å². The number of likely N-dealkylation sites (N-methyl/N-ethyl adjacent to an activating group) is 1. The van der Waals surface area contributed by atoms with Gasteiger partial charge < -0.3 is 25.3 Å². The van der Waals surface area contributed by atoms with Crippen molar-refractivity contribution in [3.63, 3.8) is 0 Å². The maximum atomic E-state index is 4.42. The van der Waals surface area contributed by atoms with Gasteiger partial charge in [-0.1, -0.05) is 12.1 Å². The number of hydrogen-bond donors (Lipinski definition) is 2. The number of rotatable bonds is 6. The first-order chi connectivity index (χ1) is 13.7. The Morgan fingerprint density at radius 1 is 1.07 bits per heavy atom. The minimum Gasteiger partial charge on any atom is -0.372 e. The summed E-state index contributed by atoms with van der Waals surface area (Å²) in [6, 6.07) is 9.16. The summed E-state index contributed by atoms with van der Waals surface area (Å²) in [5.74, 6) is 0.881. The molecule has 0 saturated carbocycles. The molecule has 3 rings (SSSR count). The van der Waals surface area contributed by atoms with Crippen LogP contribution in [0.4, 0.5) is 5.69 Å². The number of benzene rings is 1. The van der Waals surface area contributed by atoms with Gasteiger partial charge >= 0.3 is 0 Å². The molecular weight excluding hydrogens is 348 g/mol. The zero-order chi connectivity index (χ0) is 19.8. The standard InChI is InChI=1S/C22H38N6/c1-19(20-8-6-9-21(18-20)28-13-4-5-14-28)25-22(23-2)24-10-15-27-12-7-11-26(3)16-17-27/h6,8-9,18-19H,4-5,7,10-17H2,1-3H3,(H2,23,24,25). The average molecular weight is 387 g/mol. The number of hydrogen-bond acceptors (Lipinski definition) is 4. The van der Waals surface area contributed by atoms with Crippen molar-refractivity contribution < 1.29 is 0 Å². The lowest BCUT2D eigenvalue weighted by atomic mass is 10.1. The largest absolute Gasteiger partial charge is 0.372 e. The van der Waals surface area contributed by atoms with Crippen LogP contribution in [-0.4, -0.2) is 82.2 Å². The van der Waals surface area contributed by atoms with Crippen LogP contribution in [0.15, 0.2) is 29.3 Å². The minimum absolute atomic E-state index is 0.223. The fourth-order valence-corrected chi connectivity index (χ4v) is 4.11. The van der Waals surface area contributed by atoms with Crippen molar-refractivity contribution >= 4 is 11.6 Å². The van der Waals surface area contributed by atoms with E-state index < -0.39 is 0 Å². The summed E-state index contributed by atoms with van der Waals surface area (Å²) >= 11 is 0. The van der Waals surface area contributed by atoms with E-state index in [1.165, 1.54) is 56.7 Å².